The van der Waals surface area contributed by atoms with Crippen molar-refractivity contribution in [3.63, 3.8) is 0 Å². The molecule has 1 aliphatic heterocycles. The number of carbonyl (C=O) groups excluding carboxylic acids is 3. The lowest BCUT2D eigenvalue weighted by atomic mass is 10.1. The van der Waals surface area contributed by atoms with Crippen LogP contribution in [0, 0.1) is 13.8 Å². The zero-order valence-corrected chi connectivity index (χ0v) is 15.0. The zero-order chi connectivity index (χ0) is 18.0. The lowest BCUT2D eigenvalue weighted by molar-refractivity contribution is -0.121. The van der Waals surface area contributed by atoms with Crippen LogP contribution in [-0.2, 0) is 11.2 Å². The Bertz CT molecular complexity index is 809. The largest absolute Gasteiger partial charge is 0.356 e. The summed E-state index contributed by atoms with van der Waals surface area (Å²) in [7, 11) is 0. The third-order valence-electron chi connectivity index (χ3n) is 4.11. The van der Waals surface area contributed by atoms with Gasteiger partial charge in [-0.1, -0.05) is 12.1 Å². The van der Waals surface area contributed by atoms with Crippen LogP contribution in [0.25, 0.3) is 0 Å². The SMILES string of the molecule is Cc1nc(C)c(CCNC(=O)CCN2C(=O)c3ccccc3C2=O)s1. The first kappa shape index (κ1) is 17.3. The molecule has 0 bridgehead atoms. The molecule has 0 radical (unpaired) electrons. The van der Waals surface area contributed by atoms with E-state index >= 15 is 0 Å². The molecule has 1 aromatic heterocycles. The molecule has 3 rings (SSSR count). The van der Waals surface area contributed by atoms with Gasteiger partial charge in [-0.15, -0.1) is 11.3 Å². The molecule has 0 fully saturated rings. The van der Waals surface area contributed by atoms with E-state index in [1.54, 1.807) is 35.6 Å². The third-order valence-corrected chi connectivity index (χ3v) is 5.25. The first-order chi connectivity index (χ1) is 12.0. The summed E-state index contributed by atoms with van der Waals surface area (Å²) in [5, 5.41) is 3.85. The van der Waals surface area contributed by atoms with Crippen molar-refractivity contribution in [2.75, 3.05) is 13.1 Å². The second kappa shape index (κ2) is 7.14. The van der Waals surface area contributed by atoms with E-state index in [1.807, 2.05) is 13.8 Å². The summed E-state index contributed by atoms with van der Waals surface area (Å²) in [4.78, 5) is 43.1. The van der Waals surface area contributed by atoms with E-state index in [4.69, 9.17) is 0 Å². The maximum Gasteiger partial charge on any atom is 0.261 e. The number of amides is 3. The maximum atomic E-state index is 12.2. The average Bonchev–Trinajstić information content (AvgIpc) is 3.03. The number of nitrogens with one attached hydrogen (secondary N) is 1. The predicted octanol–water partition coefficient (Wildman–Crippen LogP) is 2.10. The number of fused-ring (bicyclic) bond motifs is 1. The normalized spacial score (nSPS) is 13.3. The van der Waals surface area contributed by atoms with Crippen molar-refractivity contribution >= 4 is 29.1 Å². The number of aryl methyl sites for hydroxylation is 2. The lowest BCUT2D eigenvalue weighted by Crippen LogP contribution is -2.35. The Labute approximate surface area is 149 Å². The van der Waals surface area contributed by atoms with E-state index < -0.39 is 0 Å². The van der Waals surface area contributed by atoms with E-state index in [2.05, 4.69) is 10.3 Å². The predicted molar refractivity (Wildman–Crippen MR) is 94.7 cm³/mol. The molecule has 1 aliphatic rings. The number of imide groups is 1. The van der Waals surface area contributed by atoms with Gasteiger partial charge in [0.2, 0.25) is 5.91 Å². The first-order valence-corrected chi connectivity index (χ1v) is 8.94. The van der Waals surface area contributed by atoms with Crippen molar-refractivity contribution in [2.45, 2.75) is 26.7 Å². The summed E-state index contributed by atoms with van der Waals surface area (Å²) in [6.45, 7) is 4.53. The number of hydrogen-bond donors (Lipinski definition) is 1. The van der Waals surface area contributed by atoms with Crippen LogP contribution in [0.5, 0.6) is 0 Å². The van der Waals surface area contributed by atoms with Gasteiger partial charge in [-0.05, 0) is 26.0 Å². The molecule has 0 unspecified atom stereocenters. The molecular formula is C18H19N3O3S. The molecule has 0 atom stereocenters. The van der Waals surface area contributed by atoms with Gasteiger partial charge in [0, 0.05) is 30.8 Å². The Balaban J connectivity index is 1.48. The van der Waals surface area contributed by atoms with Gasteiger partial charge >= 0.3 is 0 Å². The molecule has 0 saturated carbocycles. The van der Waals surface area contributed by atoms with Gasteiger partial charge < -0.3 is 5.32 Å². The monoisotopic (exact) mass is 357 g/mol. The van der Waals surface area contributed by atoms with Gasteiger partial charge in [0.15, 0.2) is 0 Å². The Morgan fingerprint density at radius 2 is 1.80 bits per heavy atom. The van der Waals surface area contributed by atoms with Gasteiger partial charge in [-0.2, -0.15) is 0 Å². The van der Waals surface area contributed by atoms with E-state index in [9.17, 15) is 14.4 Å². The number of carbonyl (C=O) groups is 3. The third kappa shape index (κ3) is 3.61. The van der Waals surface area contributed by atoms with Gasteiger partial charge in [-0.25, -0.2) is 4.98 Å². The van der Waals surface area contributed by atoms with Crippen LogP contribution in [0.3, 0.4) is 0 Å². The summed E-state index contributed by atoms with van der Waals surface area (Å²) in [6, 6.07) is 6.72. The van der Waals surface area contributed by atoms with Crippen LogP contribution in [0.15, 0.2) is 24.3 Å². The lowest BCUT2D eigenvalue weighted by Gasteiger charge is -2.13. The number of aromatic nitrogens is 1. The van der Waals surface area contributed by atoms with Gasteiger partial charge in [-0.3, -0.25) is 19.3 Å². The number of rotatable bonds is 6. The Morgan fingerprint density at radius 3 is 2.36 bits per heavy atom. The van der Waals surface area contributed by atoms with Crippen molar-refractivity contribution in [3.05, 3.63) is 51.0 Å². The van der Waals surface area contributed by atoms with E-state index in [0.717, 1.165) is 26.9 Å². The molecule has 0 spiro atoms. The quantitative estimate of drug-likeness (QED) is 0.803. The van der Waals surface area contributed by atoms with Crippen molar-refractivity contribution in [1.82, 2.24) is 15.2 Å². The van der Waals surface area contributed by atoms with E-state index in [-0.39, 0.29) is 30.7 Å². The van der Waals surface area contributed by atoms with E-state index in [0.29, 0.717) is 17.7 Å². The molecule has 7 heteroatoms. The molecule has 2 aromatic rings. The van der Waals surface area contributed by atoms with Gasteiger partial charge in [0.05, 0.1) is 21.8 Å². The Hall–Kier alpha value is -2.54. The molecule has 1 aromatic carbocycles. The molecule has 0 saturated heterocycles. The second-order valence-electron chi connectivity index (χ2n) is 5.90. The minimum absolute atomic E-state index is 0.0941. The van der Waals surface area contributed by atoms with Gasteiger partial charge in [0.1, 0.15) is 0 Å². The van der Waals surface area contributed by atoms with Crippen molar-refractivity contribution in [2.24, 2.45) is 0 Å². The molecule has 2 heterocycles. The molecule has 25 heavy (non-hydrogen) atoms. The molecule has 1 N–H and O–H groups in total. The Morgan fingerprint density at radius 1 is 1.16 bits per heavy atom. The maximum absolute atomic E-state index is 12.2. The number of thiazole rings is 1. The molecule has 3 amide bonds. The molecular weight excluding hydrogens is 338 g/mol. The van der Waals surface area contributed by atoms with Gasteiger partial charge in [0.25, 0.3) is 11.8 Å². The summed E-state index contributed by atoms with van der Waals surface area (Å²) in [5.41, 5.74) is 1.82. The fourth-order valence-electron chi connectivity index (χ4n) is 2.86. The summed E-state index contributed by atoms with van der Waals surface area (Å²) < 4.78 is 0. The highest BCUT2D eigenvalue weighted by atomic mass is 32.1. The topological polar surface area (TPSA) is 79.4 Å². The zero-order valence-electron chi connectivity index (χ0n) is 14.2. The van der Waals surface area contributed by atoms with Crippen LogP contribution < -0.4 is 5.32 Å². The average molecular weight is 357 g/mol. The van der Waals surface area contributed by atoms with Crippen LogP contribution in [-0.4, -0.2) is 40.7 Å². The Kier molecular flexibility index (Phi) is 4.94. The van der Waals surface area contributed by atoms with Crippen LogP contribution >= 0.6 is 11.3 Å². The summed E-state index contributed by atoms with van der Waals surface area (Å²) in [5.74, 6) is -0.830. The number of nitrogens with zero attached hydrogens (tertiary/aromatic N) is 2. The van der Waals surface area contributed by atoms with Crippen LogP contribution in [0.2, 0.25) is 0 Å². The summed E-state index contributed by atoms with van der Waals surface area (Å²) in [6.07, 6.45) is 0.836. The van der Waals surface area contributed by atoms with Crippen molar-refractivity contribution < 1.29 is 14.4 Å². The number of benzene rings is 1. The molecule has 6 nitrogen and oxygen atoms in total. The smallest absolute Gasteiger partial charge is 0.261 e. The molecule has 0 aliphatic carbocycles. The van der Waals surface area contributed by atoms with Crippen molar-refractivity contribution in [1.29, 1.82) is 0 Å². The van der Waals surface area contributed by atoms with Crippen molar-refractivity contribution in [3.8, 4) is 0 Å². The fraction of sp³-hybridized carbons (Fsp3) is 0.333. The standard InChI is InChI=1S/C18H19N3O3S/c1-11-15(25-12(2)20-11)7-9-19-16(22)8-10-21-17(23)13-5-3-4-6-14(13)18(21)24/h3-6H,7-10H2,1-2H3,(H,19,22). The summed E-state index contributed by atoms with van der Waals surface area (Å²) >= 11 is 1.63. The highest BCUT2D eigenvalue weighted by Gasteiger charge is 2.34. The van der Waals surface area contributed by atoms with Crippen LogP contribution in [0.4, 0.5) is 0 Å². The highest BCUT2D eigenvalue weighted by molar-refractivity contribution is 7.11. The molecule has 130 valence electrons. The van der Waals surface area contributed by atoms with E-state index in [1.165, 1.54) is 0 Å². The second-order valence-corrected chi connectivity index (χ2v) is 7.19. The minimum atomic E-state index is -0.329. The minimum Gasteiger partial charge on any atom is -0.356 e. The fourth-order valence-corrected chi connectivity index (χ4v) is 3.80. The first-order valence-electron chi connectivity index (χ1n) is 8.12. The van der Waals surface area contributed by atoms with Crippen LogP contribution in [0.1, 0.15) is 42.7 Å². The number of hydrogen-bond acceptors (Lipinski definition) is 5. The highest BCUT2D eigenvalue weighted by Crippen LogP contribution is 2.22.